The Bertz CT molecular complexity index is 856. The lowest BCUT2D eigenvalue weighted by Gasteiger charge is -2.41. The number of benzene rings is 2. The maximum absolute atomic E-state index is 13.9. The van der Waals surface area contributed by atoms with Crippen molar-refractivity contribution >= 4 is 18.7 Å². The van der Waals surface area contributed by atoms with Crippen LogP contribution in [0.1, 0.15) is 18.0 Å². The van der Waals surface area contributed by atoms with Gasteiger partial charge in [-0.25, -0.2) is 10.2 Å². The summed E-state index contributed by atoms with van der Waals surface area (Å²) in [6.45, 7) is -0.00620. The maximum atomic E-state index is 13.9. The molecule has 2 unspecified atom stereocenters. The molecule has 0 radical (unpaired) electrons. The van der Waals surface area contributed by atoms with Gasteiger partial charge in [0.05, 0.1) is 32.7 Å². The molecule has 2 N–H and O–H groups in total. The Morgan fingerprint density at radius 2 is 1.71 bits per heavy atom. The summed E-state index contributed by atoms with van der Waals surface area (Å²) in [4.78, 5) is 12.0. The second-order valence-electron chi connectivity index (χ2n) is 6.26. The van der Waals surface area contributed by atoms with E-state index in [9.17, 15) is 9.36 Å². The van der Waals surface area contributed by atoms with Gasteiger partial charge in [0.2, 0.25) is 0 Å². The molecule has 8 nitrogen and oxygen atoms in total. The summed E-state index contributed by atoms with van der Waals surface area (Å²) in [6, 6.07) is 13.8. The Hall–Kier alpha value is -2.38. The van der Waals surface area contributed by atoms with Crippen LogP contribution in [0.4, 0.5) is 0 Å². The van der Waals surface area contributed by atoms with Gasteiger partial charge in [-0.05, 0) is 48.4 Å². The maximum Gasteiger partial charge on any atom is 0.303 e. The zero-order valence-corrected chi connectivity index (χ0v) is 16.6. The Labute approximate surface area is 163 Å². The molecule has 9 heteroatoms. The van der Waals surface area contributed by atoms with Gasteiger partial charge < -0.3 is 14.0 Å². The first kappa shape index (κ1) is 20.4. The summed E-state index contributed by atoms with van der Waals surface area (Å²) < 4.78 is 31.5. The summed E-state index contributed by atoms with van der Waals surface area (Å²) in [6.07, 6.45) is 0.547. The molecule has 0 bridgehead atoms. The SMILES string of the molecule is COc1ccc(C2CCOP(=O)(c3ccc(OC)cc3)N2CC(=O)NO)cc1. The fraction of sp³-hybridized carbons (Fsp3) is 0.316. The minimum atomic E-state index is -3.54. The summed E-state index contributed by atoms with van der Waals surface area (Å²) >= 11 is 0. The predicted octanol–water partition coefficient (Wildman–Crippen LogP) is 2.49. The van der Waals surface area contributed by atoms with Crippen LogP contribution in [-0.4, -0.2) is 43.2 Å². The molecule has 0 spiro atoms. The van der Waals surface area contributed by atoms with Gasteiger partial charge in [0.1, 0.15) is 11.5 Å². The van der Waals surface area contributed by atoms with E-state index in [4.69, 9.17) is 19.2 Å². The van der Waals surface area contributed by atoms with Crippen molar-refractivity contribution in [1.82, 2.24) is 10.2 Å². The molecule has 1 amide bonds. The molecule has 28 heavy (non-hydrogen) atoms. The Morgan fingerprint density at radius 3 is 2.25 bits per heavy atom. The van der Waals surface area contributed by atoms with Crippen molar-refractivity contribution in [2.45, 2.75) is 12.5 Å². The van der Waals surface area contributed by atoms with Crippen LogP contribution in [-0.2, 0) is 13.9 Å². The number of hydroxylamine groups is 1. The molecule has 1 aliphatic rings. The van der Waals surface area contributed by atoms with Crippen molar-refractivity contribution in [1.29, 1.82) is 0 Å². The van der Waals surface area contributed by atoms with Crippen LogP contribution in [0.25, 0.3) is 0 Å². The van der Waals surface area contributed by atoms with Crippen molar-refractivity contribution in [3.05, 3.63) is 54.1 Å². The number of carbonyl (C=O) groups is 1. The summed E-state index contributed by atoms with van der Waals surface area (Å²) in [5, 5.41) is 9.47. The molecule has 1 saturated heterocycles. The number of amides is 1. The highest BCUT2D eigenvalue weighted by atomic mass is 31.2. The Kier molecular flexibility index (Phi) is 6.36. The zero-order chi connectivity index (χ0) is 20.1. The molecule has 0 aliphatic carbocycles. The Morgan fingerprint density at radius 1 is 1.14 bits per heavy atom. The van der Waals surface area contributed by atoms with E-state index in [-0.39, 0.29) is 19.2 Å². The third-order valence-corrected chi connectivity index (χ3v) is 7.26. The van der Waals surface area contributed by atoms with Gasteiger partial charge in [0.25, 0.3) is 5.91 Å². The molecule has 3 rings (SSSR count). The van der Waals surface area contributed by atoms with Crippen molar-refractivity contribution < 1.29 is 28.6 Å². The number of methoxy groups -OCH3 is 2. The van der Waals surface area contributed by atoms with E-state index in [0.29, 0.717) is 23.2 Å². The molecule has 150 valence electrons. The van der Waals surface area contributed by atoms with E-state index in [1.807, 2.05) is 24.3 Å². The fourth-order valence-electron chi connectivity index (χ4n) is 3.24. The van der Waals surface area contributed by atoms with Crippen LogP contribution in [0.5, 0.6) is 11.5 Å². The topological polar surface area (TPSA) is 97.3 Å². The van der Waals surface area contributed by atoms with Gasteiger partial charge in [-0.2, -0.15) is 0 Å². The van der Waals surface area contributed by atoms with Gasteiger partial charge in [-0.3, -0.25) is 14.6 Å². The summed E-state index contributed by atoms with van der Waals surface area (Å²) in [7, 11) is -0.409. The average Bonchev–Trinajstić information content (AvgIpc) is 2.75. The minimum Gasteiger partial charge on any atom is -0.497 e. The lowest BCUT2D eigenvalue weighted by atomic mass is 10.0. The van der Waals surface area contributed by atoms with Gasteiger partial charge in [0.15, 0.2) is 0 Å². The van der Waals surface area contributed by atoms with Gasteiger partial charge in [-0.1, -0.05) is 12.1 Å². The first-order valence-electron chi connectivity index (χ1n) is 8.75. The Balaban J connectivity index is 2.01. The van der Waals surface area contributed by atoms with E-state index in [2.05, 4.69) is 0 Å². The van der Waals surface area contributed by atoms with Crippen molar-refractivity contribution in [3.8, 4) is 11.5 Å². The van der Waals surface area contributed by atoms with Crippen molar-refractivity contribution in [3.63, 3.8) is 0 Å². The number of rotatable bonds is 6. The number of hydrogen-bond donors (Lipinski definition) is 2. The number of nitrogens with one attached hydrogen (secondary N) is 1. The lowest BCUT2D eigenvalue weighted by Crippen LogP contribution is -2.41. The third-order valence-electron chi connectivity index (χ3n) is 4.69. The smallest absolute Gasteiger partial charge is 0.303 e. The molecule has 0 saturated carbocycles. The molecular weight excluding hydrogens is 383 g/mol. The van der Waals surface area contributed by atoms with Crippen LogP contribution in [0.15, 0.2) is 48.5 Å². The van der Waals surface area contributed by atoms with Gasteiger partial charge >= 0.3 is 7.52 Å². The van der Waals surface area contributed by atoms with Crippen molar-refractivity contribution in [2.24, 2.45) is 0 Å². The highest BCUT2D eigenvalue weighted by Gasteiger charge is 2.43. The van der Waals surface area contributed by atoms with Crippen molar-refractivity contribution in [2.75, 3.05) is 27.4 Å². The quantitative estimate of drug-likeness (QED) is 0.432. The molecule has 2 aromatic carbocycles. The molecule has 1 heterocycles. The number of carbonyl (C=O) groups excluding carboxylic acids is 1. The van der Waals surface area contributed by atoms with Crippen LogP contribution >= 0.6 is 7.52 Å². The summed E-state index contributed by atoms with van der Waals surface area (Å²) in [5.41, 5.74) is 2.49. The standard InChI is InChI=1S/C19H23N2O6P/c1-25-15-5-3-14(4-6-15)18-11-12-27-28(24,21(18)13-19(22)20-23)17-9-7-16(26-2)8-10-17/h3-10,18,23H,11-13H2,1-2H3,(H,20,22). The molecular formula is C19H23N2O6P. The second-order valence-corrected chi connectivity index (χ2v) is 8.59. The highest BCUT2D eigenvalue weighted by molar-refractivity contribution is 7.64. The fourth-order valence-corrected chi connectivity index (χ4v) is 5.64. The van der Waals surface area contributed by atoms with Crippen LogP contribution in [0.3, 0.4) is 0 Å². The van der Waals surface area contributed by atoms with E-state index in [1.54, 1.807) is 44.0 Å². The van der Waals surface area contributed by atoms with E-state index >= 15 is 0 Å². The molecule has 1 fully saturated rings. The van der Waals surface area contributed by atoms with E-state index < -0.39 is 13.4 Å². The number of nitrogens with zero attached hydrogens (tertiary/aromatic N) is 1. The number of hydrogen-bond acceptors (Lipinski definition) is 6. The van der Waals surface area contributed by atoms with Gasteiger partial charge in [0, 0.05) is 6.04 Å². The van der Waals surface area contributed by atoms with Crippen LogP contribution in [0.2, 0.25) is 0 Å². The monoisotopic (exact) mass is 406 g/mol. The molecule has 2 atom stereocenters. The highest BCUT2D eigenvalue weighted by Crippen LogP contribution is 2.57. The van der Waals surface area contributed by atoms with Crippen LogP contribution in [0, 0.1) is 0 Å². The van der Waals surface area contributed by atoms with E-state index in [1.165, 1.54) is 4.67 Å². The first-order valence-corrected chi connectivity index (χ1v) is 10.3. The summed E-state index contributed by atoms with van der Waals surface area (Å²) in [5.74, 6) is 0.658. The zero-order valence-electron chi connectivity index (χ0n) is 15.7. The second kappa shape index (κ2) is 8.75. The molecule has 1 aliphatic heterocycles. The van der Waals surface area contributed by atoms with Gasteiger partial charge in [-0.15, -0.1) is 0 Å². The predicted molar refractivity (Wildman–Crippen MR) is 103 cm³/mol. The minimum absolute atomic E-state index is 0.275. The first-order chi connectivity index (χ1) is 13.5. The van der Waals surface area contributed by atoms with E-state index in [0.717, 1.165) is 5.56 Å². The average molecular weight is 406 g/mol. The van der Waals surface area contributed by atoms with Crippen LogP contribution < -0.4 is 20.3 Å². The third kappa shape index (κ3) is 4.05. The largest absolute Gasteiger partial charge is 0.497 e. The lowest BCUT2D eigenvalue weighted by molar-refractivity contribution is -0.130. The molecule has 2 aromatic rings. The molecule has 0 aromatic heterocycles. The number of ether oxygens (including phenoxy) is 2. The normalized spacial score (nSPS) is 22.5.